The third kappa shape index (κ3) is 6.55. The largest absolute Gasteiger partial charge is 0.334 e. The Labute approximate surface area is 158 Å². The van der Waals surface area contributed by atoms with Gasteiger partial charge < -0.3 is 10.6 Å². The third-order valence-electron chi connectivity index (χ3n) is 4.38. The van der Waals surface area contributed by atoms with Crippen molar-refractivity contribution in [2.24, 2.45) is 0 Å². The van der Waals surface area contributed by atoms with Gasteiger partial charge in [-0.3, -0.25) is 15.0 Å². The second kappa shape index (κ2) is 10.0. The number of amides is 4. The summed E-state index contributed by atoms with van der Waals surface area (Å²) < 4.78 is 0. The van der Waals surface area contributed by atoms with E-state index in [1.165, 1.54) is 6.42 Å². The van der Waals surface area contributed by atoms with Crippen molar-refractivity contribution in [1.29, 1.82) is 0 Å². The van der Waals surface area contributed by atoms with Crippen molar-refractivity contribution in [3.05, 3.63) is 28.8 Å². The topological polar surface area (TPSA) is 99.3 Å². The number of anilines is 1. The molecule has 1 aromatic carbocycles. The summed E-state index contributed by atoms with van der Waals surface area (Å²) in [5.41, 5.74) is 6.02. The number of carbonyl (C=O) groups is 3. The van der Waals surface area contributed by atoms with Gasteiger partial charge in [0.05, 0.1) is 0 Å². The normalized spacial score (nSPS) is 14.4. The van der Waals surface area contributed by atoms with Crippen molar-refractivity contribution < 1.29 is 14.4 Å². The molecular formula is C18H25ClN4O3. The van der Waals surface area contributed by atoms with Gasteiger partial charge in [0.25, 0.3) is 0 Å². The van der Waals surface area contributed by atoms with Crippen LogP contribution in [-0.4, -0.2) is 23.9 Å². The van der Waals surface area contributed by atoms with Gasteiger partial charge in [-0.2, -0.15) is 0 Å². The van der Waals surface area contributed by atoms with Crippen LogP contribution in [0.5, 0.6) is 0 Å². The zero-order chi connectivity index (χ0) is 18.9. The van der Waals surface area contributed by atoms with Gasteiger partial charge in [0.1, 0.15) is 0 Å². The second-order valence-corrected chi connectivity index (χ2v) is 6.85. The molecule has 4 N–H and O–H groups in total. The molecule has 1 fully saturated rings. The van der Waals surface area contributed by atoms with Gasteiger partial charge in [0.15, 0.2) is 0 Å². The lowest BCUT2D eigenvalue weighted by molar-refractivity contribution is -0.124. The van der Waals surface area contributed by atoms with E-state index < -0.39 is 11.9 Å². The predicted octanol–water partition coefficient (Wildman–Crippen LogP) is 3.03. The molecule has 1 aromatic rings. The first-order valence-corrected chi connectivity index (χ1v) is 9.24. The Kier molecular flexibility index (Phi) is 7.72. The van der Waals surface area contributed by atoms with Crippen molar-refractivity contribution >= 4 is 35.1 Å². The fourth-order valence-corrected chi connectivity index (χ4v) is 3.01. The van der Waals surface area contributed by atoms with Crippen LogP contribution < -0.4 is 21.5 Å². The van der Waals surface area contributed by atoms with E-state index in [1.54, 1.807) is 25.1 Å². The molecule has 0 bridgehead atoms. The van der Waals surface area contributed by atoms with Crippen LogP contribution in [0.25, 0.3) is 0 Å². The molecule has 0 atom stereocenters. The van der Waals surface area contributed by atoms with E-state index in [2.05, 4.69) is 21.5 Å². The Morgan fingerprint density at radius 1 is 1.04 bits per heavy atom. The molecule has 0 unspecified atom stereocenters. The van der Waals surface area contributed by atoms with Crippen LogP contribution in [0.2, 0.25) is 5.02 Å². The van der Waals surface area contributed by atoms with Gasteiger partial charge in [0.2, 0.25) is 11.8 Å². The average Bonchev–Trinajstić information content (AvgIpc) is 2.63. The summed E-state index contributed by atoms with van der Waals surface area (Å²) in [6.07, 6.45) is 5.32. The van der Waals surface area contributed by atoms with E-state index in [0.29, 0.717) is 10.7 Å². The number of hydrogen-bond acceptors (Lipinski definition) is 3. The van der Waals surface area contributed by atoms with Crippen LogP contribution >= 0.6 is 11.6 Å². The maximum atomic E-state index is 11.9. The lowest BCUT2D eigenvalue weighted by Gasteiger charge is -2.22. The van der Waals surface area contributed by atoms with Gasteiger partial charge in [0, 0.05) is 29.6 Å². The minimum atomic E-state index is -0.429. The number of carbonyl (C=O) groups excluding carboxylic acids is 3. The lowest BCUT2D eigenvalue weighted by atomic mass is 9.96. The Balaban J connectivity index is 1.65. The van der Waals surface area contributed by atoms with E-state index in [1.807, 2.05) is 0 Å². The molecular weight excluding hydrogens is 356 g/mol. The molecule has 1 aliphatic carbocycles. The maximum Gasteiger partial charge on any atom is 0.333 e. The highest BCUT2D eigenvalue weighted by Gasteiger charge is 2.16. The number of rotatable bonds is 5. The Morgan fingerprint density at radius 3 is 2.46 bits per heavy atom. The van der Waals surface area contributed by atoms with E-state index >= 15 is 0 Å². The van der Waals surface area contributed by atoms with Crippen molar-refractivity contribution in [2.45, 2.75) is 57.9 Å². The molecule has 0 radical (unpaired) electrons. The van der Waals surface area contributed by atoms with E-state index in [0.717, 1.165) is 31.2 Å². The molecule has 0 saturated heterocycles. The van der Waals surface area contributed by atoms with Crippen LogP contribution in [0, 0.1) is 6.92 Å². The van der Waals surface area contributed by atoms with Gasteiger partial charge in [-0.1, -0.05) is 36.9 Å². The van der Waals surface area contributed by atoms with Crippen molar-refractivity contribution in [2.75, 3.05) is 5.32 Å². The third-order valence-corrected chi connectivity index (χ3v) is 4.79. The fourth-order valence-electron chi connectivity index (χ4n) is 2.84. The molecule has 8 heteroatoms. The minimum Gasteiger partial charge on any atom is -0.334 e. The average molecular weight is 381 g/mol. The number of halogens is 1. The second-order valence-electron chi connectivity index (χ2n) is 6.44. The molecule has 26 heavy (non-hydrogen) atoms. The van der Waals surface area contributed by atoms with Crippen molar-refractivity contribution in [1.82, 2.24) is 16.2 Å². The fraction of sp³-hybridized carbons (Fsp3) is 0.500. The Bertz CT molecular complexity index is 660. The van der Waals surface area contributed by atoms with Crippen molar-refractivity contribution in [3.8, 4) is 0 Å². The number of nitrogens with one attached hydrogen (secondary N) is 4. The molecule has 0 aliphatic heterocycles. The van der Waals surface area contributed by atoms with E-state index in [9.17, 15) is 14.4 Å². The van der Waals surface area contributed by atoms with Gasteiger partial charge in [-0.25, -0.2) is 10.2 Å². The standard InChI is InChI=1S/C18H25ClN4O3/c1-12-14(19)8-5-9-15(12)21-16(24)10-11-17(25)22-23-18(26)20-13-6-3-2-4-7-13/h5,8-9,13H,2-4,6-7,10-11H2,1H3,(H,21,24)(H,22,25)(H2,20,23,26). The first-order chi connectivity index (χ1) is 12.5. The number of benzene rings is 1. The SMILES string of the molecule is Cc1c(Cl)cccc1NC(=O)CCC(=O)NNC(=O)NC1CCCCC1. The summed E-state index contributed by atoms with van der Waals surface area (Å²) in [5, 5.41) is 6.11. The highest BCUT2D eigenvalue weighted by atomic mass is 35.5. The summed E-state index contributed by atoms with van der Waals surface area (Å²) in [6, 6.07) is 4.96. The maximum absolute atomic E-state index is 11.9. The molecule has 1 aliphatic rings. The predicted molar refractivity (Wildman–Crippen MR) is 101 cm³/mol. The molecule has 0 heterocycles. The van der Waals surface area contributed by atoms with Crippen LogP contribution in [0.3, 0.4) is 0 Å². The summed E-state index contributed by atoms with van der Waals surface area (Å²) in [4.78, 5) is 35.4. The molecule has 4 amide bonds. The van der Waals surface area contributed by atoms with E-state index in [-0.39, 0.29) is 24.8 Å². The quantitative estimate of drug-likeness (QED) is 0.591. The van der Waals surface area contributed by atoms with E-state index in [4.69, 9.17) is 11.6 Å². The van der Waals surface area contributed by atoms with Crippen LogP contribution in [0.4, 0.5) is 10.5 Å². The Hall–Kier alpha value is -2.28. The first-order valence-electron chi connectivity index (χ1n) is 8.86. The van der Waals surface area contributed by atoms with Gasteiger partial charge in [-0.15, -0.1) is 0 Å². The zero-order valence-corrected chi connectivity index (χ0v) is 15.6. The van der Waals surface area contributed by atoms with Gasteiger partial charge >= 0.3 is 6.03 Å². The molecule has 2 rings (SSSR count). The van der Waals surface area contributed by atoms with Crippen LogP contribution in [-0.2, 0) is 9.59 Å². The zero-order valence-electron chi connectivity index (χ0n) is 14.9. The molecule has 0 aromatic heterocycles. The Morgan fingerprint density at radius 2 is 1.73 bits per heavy atom. The summed E-state index contributed by atoms with van der Waals surface area (Å²) >= 11 is 6.00. The summed E-state index contributed by atoms with van der Waals surface area (Å²) in [7, 11) is 0. The number of hydrogen-bond donors (Lipinski definition) is 4. The van der Waals surface area contributed by atoms with Crippen LogP contribution in [0.1, 0.15) is 50.5 Å². The first kappa shape index (κ1) is 20.0. The summed E-state index contributed by atoms with van der Waals surface area (Å²) in [5.74, 6) is -0.723. The monoisotopic (exact) mass is 380 g/mol. The van der Waals surface area contributed by atoms with Crippen molar-refractivity contribution in [3.63, 3.8) is 0 Å². The molecule has 0 spiro atoms. The number of hydrazine groups is 1. The highest BCUT2D eigenvalue weighted by molar-refractivity contribution is 6.31. The summed E-state index contributed by atoms with van der Waals surface area (Å²) in [6.45, 7) is 1.81. The lowest BCUT2D eigenvalue weighted by Crippen LogP contribution is -2.50. The molecule has 1 saturated carbocycles. The van der Waals surface area contributed by atoms with Gasteiger partial charge in [-0.05, 0) is 37.5 Å². The molecule has 142 valence electrons. The van der Waals surface area contributed by atoms with Crippen LogP contribution in [0.15, 0.2) is 18.2 Å². The number of urea groups is 1. The minimum absolute atomic E-state index is 0.00368. The smallest absolute Gasteiger partial charge is 0.333 e. The highest BCUT2D eigenvalue weighted by Crippen LogP contribution is 2.23. The molecule has 7 nitrogen and oxygen atoms in total.